The number of fused-ring (bicyclic) bond motifs is 3. The number of pyridine rings is 1. The molecule has 1 saturated carbocycles. The number of aromatic nitrogens is 6. The Morgan fingerprint density at radius 2 is 2.03 bits per heavy atom. The number of hydrogen-bond acceptors (Lipinski definition) is 9. The highest BCUT2D eigenvalue weighted by Gasteiger charge is 2.35. The molecule has 1 fully saturated rings. The van der Waals surface area contributed by atoms with Crippen LogP contribution in [0.1, 0.15) is 46.1 Å². The fourth-order valence-corrected chi connectivity index (χ4v) is 4.10. The number of halogens is 1. The minimum Gasteiger partial charge on any atom is -0.363 e. The van der Waals surface area contributed by atoms with Gasteiger partial charge in [0.15, 0.2) is 17.3 Å². The fraction of sp³-hybridized carbons (Fsp3) is 0.381. The predicted octanol–water partition coefficient (Wildman–Crippen LogP) is 2.28. The first kappa shape index (κ1) is 18.6. The quantitative estimate of drug-likeness (QED) is 0.495. The summed E-state index contributed by atoms with van der Waals surface area (Å²) in [4.78, 5) is 32.9. The zero-order valence-electron chi connectivity index (χ0n) is 21.5. The number of carbonyl (C=O) groups excluding carboxylic acids is 2. The van der Waals surface area contributed by atoms with Crippen LogP contribution in [0.15, 0.2) is 12.3 Å². The van der Waals surface area contributed by atoms with Crippen molar-refractivity contribution in [3.63, 3.8) is 0 Å². The van der Waals surface area contributed by atoms with E-state index in [1.165, 1.54) is 17.1 Å². The summed E-state index contributed by atoms with van der Waals surface area (Å²) in [6.07, 6.45) is 3.02. The highest BCUT2D eigenvalue weighted by molar-refractivity contribution is 6.34. The van der Waals surface area contributed by atoms with E-state index in [9.17, 15) is 9.59 Å². The maximum absolute atomic E-state index is 12.8. The maximum Gasteiger partial charge on any atom is 0.273 e. The van der Waals surface area contributed by atoms with Gasteiger partial charge in [0, 0.05) is 43.4 Å². The predicted molar refractivity (Wildman–Crippen MR) is 126 cm³/mol. The van der Waals surface area contributed by atoms with Gasteiger partial charge in [-0.25, -0.2) is 4.98 Å². The van der Waals surface area contributed by atoms with Crippen molar-refractivity contribution in [1.29, 1.82) is 0 Å². The van der Waals surface area contributed by atoms with E-state index in [-0.39, 0.29) is 35.1 Å². The van der Waals surface area contributed by atoms with Gasteiger partial charge in [0.1, 0.15) is 11.4 Å². The summed E-state index contributed by atoms with van der Waals surface area (Å²) in [7, 11) is 3.56. The first-order chi connectivity index (χ1) is 17.4. The smallest absolute Gasteiger partial charge is 0.273 e. The normalized spacial score (nSPS) is 18.2. The van der Waals surface area contributed by atoms with E-state index in [1.807, 2.05) is 24.2 Å². The molecule has 1 aliphatic carbocycles. The minimum atomic E-state index is -2.75. The number of hydrogen-bond donors (Lipinski definition) is 3. The number of aryl methyl sites for hydroxylation is 1. The van der Waals surface area contributed by atoms with E-state index in [1.54, 1.807) is 7.05 Å². The Labute approximate surface area is 204 Å². The van der Waals surface area contributed by atoms with Gasteiger partial charge in [0.25, 0.3) is 5.91 Å². The molecular formula is C21H23ClN10O2. The van der Waals surface area contributed by atoms with Gasteiger partial charge in [0.2, 0.25) is 5.91 Å². The third-order valence-corrected chi connectivity index (χ3v) is 6.17. The third-order valence-electron chi connectivity index (χ3n) is 5.89. The monoisotopic (exact) mass is 485 g/mol. The van der Waals surface area contributed by atoms with Crippen LogP contribution in [0.25, 0.3) is 11.3 Å². The van der Waals surface area contributed by atoms with Crippen molar-refractivity contribution in [2.45, 2.75) is 25.8 Å². The second-order valence-electron chi connectivity index (χ2n) is 8.22. The number of anilines is 4. The minimum absolute atomic E-state index is 0.0852. The molecule has 12 nitrogen and oxygen atoms in total. The second-order valence-corrected chi connectivity index (χ2v) is 8.63. The van der Waals surface area contributed by atoms with Crippen molar-refractivity contribution in [2.24, 2.45) is 13.0 Å². The van der Waals surface area contributed by atoms with Crippen LogP contribution < -0.4 is 20.9 Å². The summed E-state index contributed by atoms with van der Waals surface area (Å²) in [6.45, 7) is -0.791. The fourth-order valence-electron chi connectivity index (χ4n) is 3.87. The molecule has 2 aliphatic rings. The summed E-state index contributed by atoms with van der Waals surface area (Å²) in [5.41, 5.74) is 2.33. The van der Waals surface area contributed by atoms with E-state index in [0.717, 1.165) is 18.5 Å². The molecule has 0 unspecified atom stereocenters. The average molecular weight is 486 g/mol. The molecule has 3 aromatic heterocycles. The molecule has 1 aliphatic heterocycles. The van der Waals surface area contributed by atoms with Crippen LogP contribution in [-0.2, 0) is 11.8 Å². The first-order valence-corrected chi connectivity index (χ1v) is 10.9. The zero-order valence-corrected chi connectivity index (χ0v) is 19.3. The average Bonchev–Trinajstić information content (AvgIpc) is 3.59. The number of rotatable bonds is 5. The standard InChI is InChI=1S/C21H23ClN10O2/c1-9-15-17(30-32(4)29-15)14-11(22)8-24-19(18(14)31(9)3)25-12-7-13(26-20(33)10-5-6-10)27-28-16(12)21(34)23-2/h7-10H,5-6H2,1-4H3,(H,23,34)(H2,24,25,26,27,33)/t9-/m0/s1/i2D3. The van der Waals surface area contributed by atoms with Gasteiger partial charge in [-0.3, -0.25) is 9.59 Å². The van der Waals surface area contributed by atoms with Crippen LogP contribution in [0.5, 0.6) is 0 Å². The summed E-state index contributed by atoms with van der Waals surface area (Å²) in [6, 6.07) is 1.23. The van der Waals surface area contributed by atoms with E-state index >= 15 is 0 Å². The molecular weight excluding hydrogens is 460 g/mol. The van der Waals surface area contributed by atoms with Gasteiger partial charge >= 0.3 is 0 Å². The Kier molecular flexibility index (Phi) is 4.49. The maximum atomic E-state index is 12.8. The number of amides is 2. The van der Waals surface area contributed by atoms with Gasteiger partial charge in [-0.2, -0.15) is 15.0 Å². The molecule has 5 rings (SSSR count). The molecule has 4 heterocycles. The van der Waals surface area contributed by atoms with Crippen LogP contribution in [0.4, 0.5) is 23.0 Å². The summed E-state index contributed by atoms with van der Waals surface area (Å²) in [5, 5.41) is 24.8. The Morgan fingerprint density at radius 3 is 2.76 bits per heavy atom. The summed E-state index contributed by atoms with van der Waals surface area (Å²) < 4.78 is 22.2. The molecule has 0 radical (unpaired) electrons. The molecule has 2 amide bonds. The lowest BCUT2D eigenvalue weighted by Crippen LogP contribution is -2.28. The van der Waals surface area contributed by atoms with Crippen LogP contribution in [0, 0.1) is 5.92 Å². The second kappa shape index (κ2) is 8.20. The molecule has 13 heteroatoms. The molecule has 0 spiro atoms. The lowest BCUT2D eigenvalue weighted by atomic mass is 9.98. The Morgan fingerprint density at radius 1 is 1.24 bits per heavy atom. The van der Waals surface area contributed by atoms with Gasteiger partial charge in [-0.15, -0.1) is 10.2 Å². The Bertz CT molecular complexity index is 1420. The van der Waals surface area contributed by atoms with Crippen LogP contribution >= 0.6 is 11.6 Å². The SMILES string of the molecule is [2H]C([2H])([2H])NC(=O)c1nnc(NC(=O)C2CC2)cc1Nc1ncc(Cl)c2c1N(C)[C@@H](C)c1nn(C)nc1-2. The van der Waals surface area contributed by atoms with Crippen molar-refractivity contribution >= 4 is 46.4 Å². The Hall–Kier alpha value is -3.80. The highest BCUT2D eigenvalue weighted by atomic mass is 35.5. The van der Waals surface area contributed by atoms with Gasteiger partial charge in [-0.05, 0) is 19.8 Å². The van der Waals surface area contributed by atoms with Crippen molar-refractivity contribution in [2.75, 3.05) is 29.6 Å². The van der Waals surface area contributed by atoms with E-state index in [2.05, 4.69) is 36.0 Å². The van der Waals surface area contributed by atoms with Gasteiger partial charge in [-0.1, -0.05) is 11.6 Å². The van der Waals surface area contributed by atoms with E-state index in [0.29, 0.717) is 27.8 Å². The van der Waals surface area contributed by atoms with Crippen LogP contribution in [-0.4, -0.2) is 56.0 Å². The number of carbonyl (C=O) groups is 2. The lowest BCUT2D eigenvalue weighted by molar-refractivity contribution is -0.117. The molecule has 176 valence electrons. The topological polar surface area (TPSA) is 143 Å². The molecule has 3 N–H and O–H groups in total. The molecule has 34 heavy (non-hydrogen) atoms. The highest BCUT2D eigenvalue weighted by Crippen LogP contribution is 2.48. The first-order valence-electron chi connectivity index (χ1n) is 12.0. The van der Waals surface area contributed by atoms with Crippen LogP contribution in [0.2, 0.25) is 5.02 Å². The molecule has 1 atom stereocenters. The molecule has 0 aromatic carbocycles. The molecule has 0 saturated heterocycles. The van der Waals surface area contributed by atoms with Crippen molar-refractivity contribution < 1.29 is 13.7 Å². The number of nitrogens with one attached hydrogen (secondary N) is 3. The summed E-state index contributed by atoms with van der Waals surface area (Å²) >= 11 is 6.55. The largest absolute Gasteiger partial charge is 0.363 e. The summed E-state index contributed by atoms with van der Waals surface area (Å²) in [5.74, 6) is -0.856. The lowest BCUT2D eigenvalue weighted by Gasteiger charge is -2.33. The Balaban J connectivity index is 1.59. The van der Waals surface area contributed by atoms with E-state index in [4.69, 9.17) is 15.7 Å². The molecule has 3 aromatic rings. The van der Waals surface area contributed by atoms with Gasteiger partial charge < -0.3 is 20.9 Å². The molecule has 0 bridgehead atoms. The zero-order chi connectivity index (χ0) is 26.6. The third kappa shape index (κ3) is 3.69. The van der Waals surface area contributed by atoms with Crippen molar-refractivity contribution in [3.8, 4) is 11.3 Å². The van der Waals surface area contributed by atoms with Crippen molar-refractivity contribution in [3.05, 3.63) is 28.7 Å². The van der Waals surface area contributed by atoms with E-state index < -0.39 is 12.9 Å². The number of nitrogens with zero attached hydrogens (tertiary/aromatic N) is 7. The van der Waals surface area contributed by atoms with Gasteiger partial charge in [0.05, 0.1) is 28.0 Å². The van der Waals surface area contributed by atoms with Crippen LogP contribution in [0.3, 0.4) is 0 Å². The van der Waals surface area contributed by atoms with Crippen molar-refractivity contribution in [1.82, 2.24) is 35.5 Å².